The Balaban J connectivity index is 1.49. The second-order valence-electron chi connectivity index (χ2n) is 8.92. The lowest BCUT2D eigenvalue weighted by atomic mass is 9.99. The van der Waals surface area contributed by atoms with Crippen LogP contribution in [0.15, 0.2) is 66.9 Å². The van der Waals surface area contributed by atoms with E-state index in [-0.39, 0.29) is 17.8 Å². The smallest absolute Gasteiger partial charge is 0.254 e. The summed E-state index contributed by atoms with van der Waals surface area (Å²) in [6, 6.07) is 17.7. The summed E-state index contributed by atoms with van der Waals surface area (Å²) in [6.45, 7) is 5.15. The van der Waals surface area contributed by atoms with E-state index in [1.807, 2.05) is 38.2 Å². The zero-order valence-corrected chi connectivity index (χ0v) is 20.0. The number of hydrogen-bond donors (Lipinski definition) is 1. The van der Waals surface area contributed by atoms with Crippen molar-refractivity contribution in [2.75, 3.05) is 33.3 Å². The van der Waals surface area contributed by atoms with Crippen LogP contribution in [-0.2, 0) is 0 Å². The number of carbonyl (C=O) groups is 1. The molecule has 3 aromatic carbocycles. The molecule has 1 fully saturated rings. The number of carbonyl (C=O) groups excluding carboxylic acids is 1. The van der Waals surface area contributed by atoms with Gasteiger partial charge in [0.15, 0.2) is 0 Å². The van der Waals surface area contributed by atoms with Crippen LogP contribution in [0.2, 0.25) is 0 Å². The number of likely N-dealkylation sites (tertiary alicyclic amines) is 1. The van der Waals surface area contributed by atoms with E-state index in [0.717, 1.165) is 41.7 Å². The number of halogens is 1. The number of aromatic amines is 1. The topological polar surface area (TPSA) is 61.5 Å². The fourth-order valence-electron chi connectivity index (χ4n) is 4.68. The second kappa shape index (κ2) is 9.88. The Morgan fingerprint density at radius 3 is 2.74 bits per heavy atom. The maximum absolute atomic E-state index is 13.8. The standard InChI is InChI=1S/C28H29FN4O2/c1-3-35-26-16-20(11-12-23(26)19-7-4-9-22(29)15-19)28(34)32(2)25(18-33-13-6-14-33)24-10-5-8-21-17-30-31-27(21)24/h4-5,7-12,15-17,25H,3,6,13-14,18H2,1-2H3,(H,30,31). The maximum Gasteiger partial charge on any atom is 0.254 e. The first-order valence-electron chi connectivity index (χ1n) is 12.0. The van der Waals surface area contributed by atoms with Gasteiger partial charge in [-0.25, -0.2) is 4.39 Å². The van der Waals surface area contributed by atoms with Crippen LogP contribution in [0.25, 0.3) is 22.0 Å². The molecular formula is C28H29FN4O2. The first-order valence-corrected chi connectivity index (χ1v) is 12.0. The minimum atomic E-state index is -0.313. The minimum absolute atomic E-state index is 0.0983. The normalized spacial score (nSPS) is 14.5. The van der Waals surface area contributed by atoms with Crippen molar-refractivity contribution in [1.29, 1.82) is 0 Å². The van der Waals surface area contributed by atoms with Crippen LogP contribution in [0.1, 0.15) is 35.3 Å². The molecule has 1 amide bonds. The molecule has 7 heteroatoms. The number of H-pyrrole nitrogens is 1. The van der Waals surface area contributed by atoms with Gasteiger partial charge in [-0.3, -0.25) is 9.89 Å². The Kier molecular flexibility index (Phi) is 6.51. The molecule has 180 valence electrons. The first kappa shape index (κ1) is 23.1. The van der Waals surface area contributed by atoms with Crippen LogP contribution >= 0.6 is 0 Å². The quantitative estimate of drug-likeness (QED) is 0.379. The highest BCUT2D eigenvalue weighted by atomic mass is 19.1. The molecule has 1 aliphatic rings. The van der Waals surface area contributed by atoms with Crippen molar-refractivity contribution in [2.45, 2.75) is 19.4 Å². The van der Waals surface area contributed by atoms with Crippen LogP contribution in [0.3, 0.4) is 0 Å². The third-order valence-electron chi connectivity index (χ3n) is 6.70. The fraction of sp³-hybridized carbons (Fsp3) is 0.286. The van der Waals surface area contributed by atoms with Crippen LogP contribution < -0.4 is 4.74 Å². The third kappa shape index (κ3) is 4.64. The molecule has 0 aliphatic carbocycles. The Labute approximate surface area is 204 Å². The fourth-order valence-corrected chi connectivity index (χ4v) is 4.68. The average Bonchev–Trinajstić information content (AvgIpc) is 3.32. The van der Waals surface area contributed by atoms with Crippen molar-refractivity contribution in [3.05, 3.63) is 83.8 Å². The highest BCUT2D eigenvalue weighted by Crippen LogP contribution is 2.34. The molecule has 0 saturated carbocycles. The number of likely N-dealkylation sites (N-methyl/N-ethyl adjacent to an activating group) is 1. The summed E-state index contributed by atoms with van der Waals surface area (Å²) in [5.41, 5.74) is 3.99. The van der Waals surface area contributed by atoms with Crippen molar-refractivity contribution in [1.82, 2.24) is 20.0 Å². The number of rotatable bonds is 8. The van der Waals surface area contributed by atoms with Gasteiger partial charge < -0.3 is 14.5 Å². The van der Waals surface area contributed by atoms with E-state index < -0.39 is 0 Å². The van der Waals surface area contributed by atoms with Crippen molar-refractivity contribution in [2.24, 2.45) is 0 Å². The molecule has 5 rings (SSSR count). The molecule has 1 saturated heterocycles. The molecule has 0 spiro atoms. The summed E-state index contributed by atoms with van der Waals surface area (Å²) in [6.07, 6.45) is 2.98. The molecular weight excluding hydrogens is 443 g/mol. The van der Waals surface area contributed by atoms with Crippen molar-refractivity contribution in [3.63, 3.8) is 0 Å². The number of amides is 1. The van der Waals surface area contributed by atoms with Gasteiger partial charge in [-0.2, -0.15) is 5.10 Å². The van der Waals surface area contributed by atoms with E-state index in [4.69, 9.17) is 4.74 Å². The number of para-hydroxylation sites is 1. The van der Waals surface area contributed by atoms with Gasteiger partial charge in [0, 0.05) is 35.7 Å². The lowest BCUT2D eigenvalue weighted by Crippen LogP contribution is -2.45. The van der Waals surface area contributed by atoms with Crippen molar-refractivity contribution < 1.29 is 13.9 Å². The monoisotopic (exact) mass is 472 g/mol. The van der Waals surface area contributed by atoms with Gasteiger partial charge in [0.25, 0.3) is 5.91 Å². The minimum Gasteiger partial charge on any atom is -0.493 e. The summed E-state index contributed by atoms with van der Waals surface area (Å²) in [4.78, 5) is 17.9. The molecule has 35 heavy (non-hydrogen) atoms. The average molecular weight is 473 g/mol. The third-order valence-corrected chi connectivity index (χ3v) is 6.70. The lowest BCUT2D eigenvalue weighted by Gasteiger charge is -2.38. The van der Waals surface area contributed by atoms with Gasteiger partial charge in [-0.1, -0.05) is 30.3 Å². The van der Waals surface area contributed by atoms with Crippen molar-refractivity contribution >= 4 is 16.8 Å². The predicted octanol–water partition coefficient (Wildman–Crippen LogP) is 5.29. The van der Waals surface area contributed by atoms with Gasteiger partial charge >= 0.3 is 0 Å². The highest BCUT2D eigenvalue weighted by Gasteiger charge is 2.29. The molecule has 0 radical (unpaired) electrons. The first-order chi connectivity index (χ1) is 17.0. The molecule has 1 aromatic heterocycles. The van der Waals surface area contributed by atoms with Crippen LogP contribution in [0.4, 0.5) is 4.39 Å². The Morgan fingerprint density at radius 1 is 1.17 bits per heavy atom. The zero-order chi connectivity index (χ0) is 24.4. The molecule has 2 heterocycles. The maximum atomic E-state index is 13.8. The van der Waals surface area contributed by atoms with Crippen LogP contribution in [0, 0.1) is 5.82 Å². The number of aromatic nitrogens is 2. The Morgan fingerprint density at radius 2 is 2.00 bits per heavy atom. The number of ether oxygens (including phenoxy) is 1. The Bertz CT molecular complexity index is 1350. The molecule has 1 unspecified atom stereocenters. The molecule has 1 aliphatic heterocycles. The summed E-state index contributed by atoms with van der Waals surface area (Å²) in [5, 5.41) is 8.35. The SMILES string of the molecule is CCOc1cc(C(=O)N(C)C(CN2CCC2)c2cccc3cn[nH]c23)ccc1-c1cccc(F)c1. The molecule has 6 nitrogen and oxygen atoms in total. The van der Waals surface area contributed by atoms with Gasteiger partial charge in [0.05, 0.1) is 24.4 Å². The van der Waals surface area contributed by atoms with Crippen molar-refractivity contribution in [3.8, 4) is 16.9 Å². The lowest BCUT2D eigenvalue weighted by molar-refractivity contribution is 0.0640. The van der Waals surface area contributed by atoms with E-state index in [0.29, 0.717) is 23.5 Å². The van der Waals surface area contributed by atoms with E-state index in [1.165, 1.54) is 18.6 Å². The molecule has 4 aromatic rings. The van der Waals surface area contributed by atoms with E-state index >= 15 is 0 Å². The number of nitrogens with one attached hydrogen (secondary N) is 1. The predicted molar refractivity (Wildman–Crippen MR) is 135 cm³/mol. The highest BCUT2D eigenvalue weighted by molar-refractivity contribution is 5.96. The molecule has 1 N–H and O–H groups in total. The largest absolute Gasteiger partial charge is 0.493 e. The van der Waals surface area contributed by atoms with Gasteiger partial charge in [-0.05, 0) is 62.3 Å². The van der Waals surface area contributed by atoms with Gasteiger partial charge in [0.1, 0.15) is 11.6 Å². The summed E-state index contributed by atoms with van der Waals surface area (Å²) in [5.74, 6) is 0.151. The summed E-state index contributed by atoms with van der Waals surface area (Å²) in [7, 11) is 1.85. The van der Waals surface area contributed by atoms with Crippen LogP contribution in [0.5, 0.6) is 5.75 Å². The molecule has 1 atom stereocenters. The summed E-state index contributed by atoms with van der Waals surface area (Å²) >= 11 is 0. The second-order valence-corrected chi connectivity index (χ2v) is 8.92. The summed E-state index contributed by atoms with van der Waals surface area (Å²) < 4.78 is 19.7. The number of hydrogen-bond acceptors (Lipinski definition) is 4. The number of nitrogens with zero attached hydrogens (tertiary/aromatic N) is 3. The number of benzene rings is 3. The van der Waals surface area contributed by atoms with E-state index in [9.17, 15) is 9.18 Å². The number of fused-ring (bicyclic) bond motifs is 1. The van der Waals surface area contributed by atoms with Crippen LogP contribution in [-0.4, -0.2) is 59.2 Å². The zero-order valence-electron chi connectivity index (χ0n) is 20.0. The molecule has 0 bridgehead atoms. The van der Waals surface area contributed by atoms with Gasteiger partial charge in [-0.15, -0.1) is 0 Å². The van der Waals surface area contributed by atoms with Gasteiger partial charge in [0.2, 0.25) is 0 Å². The Hall–Kier alpha value is -3.71. The van der Waals surface area contributed by atoms with E-state index in [2.05, 4.69) is 21.2 Å². The van der Waals surface area contributed by atoms with E-state index in [1.54, 1.807) is 29.3 Å².